The van der Waals surface area contributed by atoms with Crippen LogP contribution in [0.1, 0.15) is 34.9 Å². The molecule has 4 rings (SSSR count). The SMILES string of the molecule is CC(c1ccc(-c2ccc(F)cc2)s1)c1cc(C2OC(CO)C(O)C(O)C2O)ccc1F. The van der Waals surface area contributed by atoms with Crippen molar-refractivity contribution in [3.05, 3.63) is 82.2 Å². The molecule has 0 bridgehead atoms. The Bertz CT molecular complexity index is 1070. The fourth-order valence-electron chi connectivity index (χ4n) is 3.96. The van der Waals surface area contributed by atoms with E-state index in [9.17, 15) is 29.2 Å². The second-order valence-electron chi connectivity index (χ2n) is 7.96. The minimum Gasteiger partial charge on any atom is -0.394 e. The van der Waals surface area contributed by atoms with Crippen molar-refractivity contribution in [2.75, 3.05) is 6.61 Å². The highest BCUT2D eigenvalue weighted by Gasteiger charge is 2.44. The quantitative estimate of drug-likeness (QED) is 0.467. The third-order valence-corrected chi connectivity index (χ3v) is 7.21. The molecule has 1 aliphatic rings. The fraction of sp³-hybridized carbons (Fsp3) is 0.333. The summed E-state index contributed by atoms with van der Waals surface area (Å²) in [5, 5.41) is 39.9. The zero-order valence-corrected chi connectivity index (χ0v) is 18.0. The molecule has 0 amide bonds. The fourth-order valence-corrected chi connectivity index (χ4v) is 5.04. The maximum Gasteiger partial charge on any atom is 0.127 e. The van der Waals surface area contributed by atoms with Crippen LogP contribution in [0, 0.1) is 11.6 Å². The first-order valence-corrected chi connectivity index (χ1v) is 11.1. The lowest BCUT2D eigenvalue weighted by atomic mass is 9.89. The van der Waals surface area contributed by atoms with Gasteiger partial charge in [0, 0.05) is 15.7 Å². The van der Waals surface area contributed by atoms with Crippen LogP contribution in [0.4, 0.5) is 8.78 Å². The molecule has 2 heterocycles. The molecule has 2 aromatic carbocycles. The molecule has 5 nitrogen and oxygen atoms in total. The van der Waals surface area contributed by atoms with Gasteiger partial charge >= 0.3 is 0 Å². The minimum atomic E-state index is -1.51. The molecule has 0 radical (unpaired) electrons. The van der Waals surface area contributed by atoms with Crippen LogP contribution in [0.15, 0.2) is 54.6 Å². The topological polar surface area (TPSA) is 90.2 Å². The van der Waals surface area contributed by atoms with Crippen LogP contribution >= 0.6 is 11.3 Å². The van der Waals surface area contributed by atoms with Gasteiger partial charge in [-0.3, -0.25) is 0 Å². The van der Waals surface area contributed by atoms with E-state index in [4.69, 9.17) is 4.74 Å². The van der Waals surface area contributed by atoms with E-state index in [0.717, 1.165) is 15.3 Å². The number of benzene rings is 2. The summed E-state index contributed by atoms with van der Waals surface area (Å²) in [5.74, 6) is -1.06. The minimum absolute atomic E-state index is 0.314. The lowest BCUT2D eigenvalue weighted by Crippen LogP contribution is -2.55. The molecule has 0 aliphatic carbocycles. The number of hydrogen-bond donors (Lipinski definition) is 4. The second kappa shape index (κ2) is 9.35. The molecular weight excluding hydrogens is 438 g/mol. The number of aliphatic hydroxyl groups excluding tert-OH is 4. The van der Waals surface area contributed by atoms with Crippen molar-refractivity contribution in [2.45, 2.75) is 43.4 Å². The van der Waals surface area contributed by atoms with Crippen molar-refractivity contribution in [1.29, 1.82) is 0 Å². The average Bonchev–Trinajstić information content (AvgIpc) is 3.29. The molecule has 170 valence electrons. The van der Waals surface area contributed by atoms with E-state index >= 15 is 0 Å². The summed E-state index contributed by atoms with van der Waals surface area (Å²) in [4.78, 5) is 1.83. The molecule has 6 unspecified atom stereocenters. The van der Waals surface area contributed by atoms with Crippen molar-refractivity contribution in [2.24, 2.45) is 0 Å². The summed E-state index contributed by atoms with van der Waals surface area (Å²) in [5.41, 5.74) is 1.68. The number of rotatable bonds is 5. The van der Waals surface area contributed by atoms with Gasteiger partial charge in [-0.2, -0.15) is 0 Å². The standard InChI is InChI=1S/C24H24F2O5S/c1-12(19-8-9-20(32-19)13-2-5-15(25)6-3-13)16-10-14(4-7-17(16)26)24-23(30)22(29)21(28)18(11-27)31-24/h2-10,12,18,21-24,27-30H,11H2,1H3. The van der Waals surface area contributed by atoms with Gasteiger partial charge < -0.3 is 25.2 Å². The summed E-state index contributed by atoms with van der Waals surface area (Å²) in [7, 11) is 0. The second-order valence-corrected chi connectivity index (χ2v) is 9.08. The van der Waals surface area contributed by atoms with E-state index in [2.05, 4.69) is 0 Å². The van der Waals surface area contributed by atoms with Gasteiger partial charge in [0.2, 0.25) is 0 Å². The van der Waals surface area contributed by atoms with Gasteiger partial charge in [0.15, 0.2) is 0 Å². The lowest BCUT2D eigenvalue weighted by molar-refractivity contribution is -0.231. The first-order valence-electron chi connectivity index (χ1n) is 10.3. The Kier molecular flexibility index (Phi) is 6.71. The van der Waals surface area contributed by atoms with Crippen LogP contribution in [-0.4, -0.2) is 51.4 Å². The van der Waals surface area contributed by atoms with E-state index < -0.39 is 42.9 Å². The monoisotopic (exact) mass is 462 g/mol. The predicted molar refractivity (Wildman–Crippen MR) is 116 cm³/mol. The van der Waals surface area contributed by atoms with Crippen LogP contribution < -0.4 is 0 Å². The molecule has 0 spiro atoms. The Morgan fingerprint density at radius 1 is 0.938 bits per heavy atom. The van der Waals surface area contributed by atoms with Gasteiger partial charge in [0.25, 0.3) is 0 Å². The molecule has 32 heavy (non-hydrogen) atoms. The van der Waals surface area contributed by atoms with Gasteiger partial charge in [0.1, 0.15) is 42.2 Å². The lowest BCUT2D eigenvalue weighted by Gasteiger charge is -2.40. The highest BCUT2D eigenvalue weighted by molar-refractivity contribution is 7.15. The van der Waals surface area contributed by atoms with Crippen LogP contribution in [0.25, 0.3) is 10.4 Å². The van der Waals surface area contributed by atoms with Crippen LogP contribution in [-0.2, 0) is 4.74 Å². The third kappa shape index (κ3) is 4.34. The summed E-state index contributed by atoms with van der Waals surface area (Å²) in [6.45, 7) is 1.32. The number of aliphatic hydroxyl groups is 4. The number of hydrogen-bond acceptors (Lipinski definition) is 6. The Labute approximate surface area is 188 Å². The Hall–Kier alpha value is -2.20. The van der Waals surface area contributed by atoms with E-state index in [1.165, 1.54) is 35.6 Å². The molecule has 6 atom stereocenters. The van der Waals surface area contributed by atoms with Crippen LogP contribution in [0.5, 0.6) is 0 Å². The molecule has 8 heteroatoms. The third-order valence-electron chi connectivity index (χ3n) is 5.89. The highest BCUT2D eigenvalue weighted by Crippen LogP contribution is 2.38. The largest absolute Gasteiger partial charge is 0.394 e. The molecule has 4 N–H and O–H groups in total. The van der Waals surface area contributed by atoms with E-state index in [1.54, 1.807) is 18.2 Å². The normalized spacial score (nSPS) is 26.8. The molecular formula is C24H24F2O5S. The zero-order chi connectivity index (χ0) is 23.0. The first-order chi connectivity index (χ1) is 15.3. The Morgan fingerprint density at radius 2 is 1.66 bits per heavy atom. The zero-order valence-electron chi connectivity index (χ0n) is 17.2. The van der Waals surface area contributed by atoms with Gasteiger partial charge in [-0.05, 0) is 53.1 Å². The van der Waals surface area contributed by atoms with Gasteiger partial charge in [-0.15, -0.1) is 11.3 Å². The molecule has 1 aromatic heterocycles. The predicted octanol–water partition coefficient (Wildman–Crippen LogP) is 3.36. The molecule has 3 aromatic rings. The van der Waals surface area contributed by atoms with Crippen molar-refractivity contribution in [3.8, 4) is 10.4 Å². The summed E-state index contributed by atoms with van der Waals surface area (Å²) >= 11 is 1.47. The van der Waals surface area contributed by atoms with E-state index in [-0.39, 0.29) is 11.7 Å². The highest BCUT2D eigenvalue weighted by atomic mass is 32.1. The van der Waals surface area contributed by atoms with E-state index in [0.29, 0.717) is 11.1 Å². The number of halogens is 2. The summed E-state index contributed by atoms with van der Waals surface area (Å²) in [6, 6.07) is 14.3. The molecule has 0 saturated carbocycles. The maximum atomic E-state index is 14.8. The molecule has 1 aliphatic heterocycles. The van der Waals surface area contributed by atoms with Gasteiger partial charge in [-0.25, -0.2) is 8.78 Å². The number of thiophene rings is 1. The first kappa shape index (κ1) is 23.0. The molecule has 1 saturated heterocycles. The Morgan fingerprint density at radius 3 is 2.34 bits per heavy atom. The Balaban J connectivity index is 1.62. The van der Waals surface area contributed by atoms with Gasteiger partial charge in [0.05, 0.1) is 6.61 Å². The van der Waals surface area contributed by atoms with Crippen LogP contribution in [0.3, 0.4) is 0 Å². The van der Waals surface area contributed by atoms with Crippen molar-refractivity contribution in [1.82, 2.24) is 0 Å². The van der Waals surface area contributed by atoms with Crippen LogP contribution in [0.2, 0.25) is 0 Å². The average molecular weight is 463 g/mol. The smallest absolute Gasteiger partial charge is 0.127 e. The molecule has 1 fully saturated rings. The van der Waals surface area contributed by atoms with E-state index in [1.807, 2.05) is 19.1 Å². The van der Waals surface area contributed by atoms with Gasteiger partial charge in [-0.1, -0.05) is 25.1 Å². The summed E-state index contributed by atoms with van der Waals surface area (Å²) in [6.07, 6.45) is -6.48. The summed E-state index contributed by atoms with van der Waals surface area (Å²) < 4.78 is 33.6. The van der Waals surface area contributed by atoms with Crippen molar-refractivity contribution in [3.63, 3.8) is 0 Å². The van der Waals surface area contributed by atoms with Crippen molar-refractivity contribution < 1.29 is 33.9 Å². The van der Waals surface area contributed by atoms with Crippen molar-refractivity contribution >= 4 is 11.3 Å². The maximum absolute atomic E-state index is 14.8. The number of ether oxygens (including phenoxy) is 1.